The van der Waals surface area contributed by atoms with E-state index < -0.39 is 30.2 Å². The third kappa shape index (κ3) is 6.38. The standard InChI is InChI=1S/C21H17Cl3F6N2OS/c22-13-5-12(6-14(23)7-13)19(21(28,29)30)3-4-32(11-19)15-1-2-17(16(24)8-15)34-9-18(33)31-10-20(25,26)27/h1-2,5-8H,3-4,9-11H2,(H,31,33). The molecule has 0 aliphatic carbocycles. The highest BCUT2D eigenvalue weighted by atomic mass is 35.5. The Morgan fingerprint density at radius 2 is 1.68 bits per heavy atom. The van der Waals surface area contributed by atoms with Gasteiger partial charge in [0.15, 0.2) is 0 Å². The number of rotatable bonds is 6. The summed E-state index contributed by atoms with van der Waals surface area (Å²) >= 11 is 19.1. The number of carbonyl (C=O) groups excluding carboxylic acids is 1. The predicted octanol–water partition coefficient (Wildman–Crippen LogP) is 7.13. The summed E-state index contributed by atoms with van der Waals surface area (Å²) in [6.07, 6.45) is -9.31. The molecule has 2 aromatic rings. The molecule has 1 aliphatic rings. The number of amides is 1. The first-order valence-electron chi connectivity index (χ1n) is 9.74. The van der Waals surface area contributed by atoms with E-state index >= 15 is 0 Å². The van der Waals surface area contributed by atoms with Crippen LogP contribution in [0.2, 0.25) is 15.1 Å². The zero-order valence-corrected chi connectivity index (χ0v) is 20.2. The number of thioether (sulfide) groups is 1. The molecule has 1 N–H and O–H groups in total. The Bertz CT molecular complexity index is 1050. The van der Waals surface area contributed by atoms with Gasteiger partial charge in [-0.2, -0.15) is 26.3 Å². The summed E-state index contributed by atoms with van der Waals surface area (Å²) < 4.78 is 79.3. The van der Waals surface area contributed by atoms with Gasteiger partial charge in [-0.15, -0.1) is 11.8 Å². The van der Waals surface area contributed by atoms with Crippen LogP contribution in [0, 0.1) is 0 Å². The van der Waals surface area contributed by atoms with Gasteiger partial charge in [0.25, 0.3) is 0 Å². The van der Waals surface area contributed by atoms with Crippen LogP contribution in [-0.4, -0.2) is 43.6 Å². The zero-order valence-electron chi connectivity index (χ0n) is 17.2. The minimum Gasteiger partial charge on any atom is -0.370 e. The van der Waals surface area contributed by atoms with Gasteiger partial charge in [-0.1, -0.05) is 34.8 Å². The van der Waals surface area contributed by atoms with E-state index in [9.17, 15) is 31.1 Å². The summed E-state index contributed by atoms with van der Waals surface area (Å²) in [7, 11) is 0. The molecule has 0 spiro atoms. The van der Waals surface area contributed by atoms with Crippen molar-refractivity contribution < 1.29 is 31.1 Å². The van der Waals surface area contributed by atoms with Gasteiger partial charge in [0.1, 0.15) is 12.0 Å². The van der Waals surface area contributed by atoms with Gasteiger partial charge in [-0.05, 0) is 48.4 Å². The van der Waals surface area contributed by atoms with Gasteiger partial charge in [0, 0.05) is 33.7 Å². The molecule has 1 amide bonds. The summed E-state index contributed by atoms with van der Waals surface area (Å²) in [4.78, 5) is 13.5. The molecule has 0 radical (unpaired) electrons. The number of alkyl halides is 6. The van der Waals surface area contributed by atoms with E-state index in [4.69, 9.17) is 34.8 Å². The number of benzene rings is 2. The Morgan fingerprint density at radius 3 is 2.24 bits per heavy atom. The van der Waals surface area contributed by atoms with Crippen molar-refractivity contribution in [1.29, 1.82) is 0 Å². The summed E-state index contributed by atoms with van der Waals surface area (Å²) in [6.45, 7) is -1.73. The topological polar surface area (TPSA) is 32.3 Å². The highest BCUT2D eigenvalue weighted by molar-refractivity contribution is 8.00. The molecular formula is C21H17Cl3F6N2OS. The molecule has 1 heterocycles. The molecule has 2 aromatic carbocycles. The average Bonchev–Trinajstić information content (AvgIpc) is 3.17. The number of hydrogen-bond donors (Lipinski definition) is 1. The van der Waals surface area contributed by atoms with Gasteiger partial charge >= 0.3 is 12.4 Å². The second-order valence-corrected chi connectivity index (χ2v) is 10.0. The molecule has 186 valence electrons. The van der Waals surface area contributed by atoms with Crippen LogP contribution in [0.25, 0.3) is 0 Å². The van der Waals surface area contributed by atoms with E-state index in [1.807, 2.05) is 0 Å². The van der Waals surface area contributed by atoms with Crippen molar-refractivity contribution in [3.63, 3.8) is 0 Å². The van der Waals surface area contributed by atoms with Crippen LogP contribution in [0.5, 0.6) is 0 Å². The van der Waals surface area contributed by atoms with Gasteiger partial charge in [0.05, 0.1) is 10.8 Å². The zero-order chi connectivity index (χ0) is 25.3. The van der Waals surface area contributed by atoms with Gasteiger partial charge in [-0.25, -0.2) is 0 Å². The quantitative estimate of drug-likeness (QED) is 0.299. The van der Waals surface area contributed by atoms with Crippen molar-refractivity contribution in [1.82, 2.24) is 5.32 Å². The van der Waals surface area contributed by atoms with Crippen molar-refractivity contribution in [3.8, 4) is 0 Å². The number of anilines is 1. The molecule has 34 heavy (non-hydrogen) atoms. The van der Waals surface area contributed by atoms with E-state index in [0.29, 0.717) is 10.6 Å². The van der Waals surface area contributed by atoms with E-state index in [1.165, 1.54) is 30.3 Å². The fraction of sp³-hybridized carbons (Fsp3) is 0.381. The Hall–Kier alpha value is -1.49. The highest BCUT2D eigenvalue weighted by Crippen LogP contribution is 2.49. The van der Waals surface area contributed by atoms with Crippen molar-refractivity contribution >= 4 is 58.2 Å². The predicted molar refractivity (Wildman–Crippen MR) is 122 cm³/mol. The molecule has 1 atom stereocenters. The number of nitrogens with one attached hydrogen (secondary N) is 1. The number of halogens is 9. The summed E-state index contributed by atoms with van der Waals surface area (Å²) in [5.41, 5.74) is -1.77. The summed E-state index contributed by atoms with van der Waals surface area (Å²) in [6, 6.07) is 8.43. The Morgan fingerprint density at radius 1 is 1.03 bits per heavy atom. The fourth-order valence-corrected chi connectivity index (χ4v) is 5.30. The number of hydrogen-bond acceptors (Lipinski definition) is 3. The van der Waals surface area contributed by atoms with Crippen molar-refractivity contribution in [2.24, 2.45) is 0 Å². The van der Waals surface area contributed by atoms with E-state index in [2.05, 4.69) is 0 Å². The minimum atomic E-state index is -4.57. The Balaban J connectivity index is 1.74. The molecular weight excluding hydrogens is 549 g/mol. The third-order valence-corrected chi connectivity index (χ3v) is 7.29. The lowest BCUT2D eigenvalue weighted by molar-refractivity contribution is -0.184. The van der Waals surface area contributed by atoms with E-state index in [1.54, 1.807) is 16.3 Å². The molecule has 1 unspecified atom stereocenters. The summed E-state index contributed by atoms with van der Waals surface area (Å²) in [5, 5.41) is 2.13. The van der Waals surface area contributed by atoms with Crippen LogP contribution >= 0.6 is 46.6 Å². The first-order valence-corrected chi connectivity index (χ1v) is 11.9. The first kappa shape index (κ1) is 27.1. The van der Waals surface area contributed by atoms with E-state index in [-0.39, 0.29) is 45.9 Å². The van der Waals surface area contributed by atoms with Crippen LogP contribution in [-0.2, 0) is 10.2 Å². The maximum absolute atomic E-state index is 14.3. The Kier molecular flexibility index (Phi) is 8.17. The van der Waals surface area contributed by atoms with Crippen LogP contribution in [0.1, 0.15) is 12.0 Å². The monoisotopic (exact) mass is 564 g/mol. The van der Waals surface area contributed by atoms with Crippen LogP contribution in [0.4, 0.5) is 32.0 Å². The molecule has 1 saturated heterocycles. The lowest BCUT2D eigenvalue weighted by Gasteiger charge is -2.33. The average molecular weight is 566 g/mol. The summed E-state index contributed by atoms with van der Waals surface area (Å²) in [5.74, 6) is -1.12. The minimum absolute atomic E-state index is 0.0249. The molecule has 0 aromatic heterocycles. The van der Waals surface area contributed by atoms with Crippen LogP contribution in [0.15, 0.2) is 41.3 Å². The lowest BCUT2D eigenvalue weighted by Crippen LogP contribution is -2.44. The van der Waals surface area contributed by atoms with Gasteiger partial charge in [-0.3, -0.25) is 4.79 Å². The van der Waals surface area contributed by atoms with Crippen molar-refractivity contribution in [2.45, 2.75) is 29.1 Å². The molecule has 1 fully saturated rings. The maximum atomic E-state index is 14.3. The van der Waals surface area contributed by atoms with Crippen molar-refractivity contribution in [3.05, 3.63) is 57.0 Å². The molecule has 1 aliphatic heterocycles. The maximum Gasteiger partial charge on any atom is 0.405 e. The largest absolute Gasteiger partial charge is 0.405 e. The first-order chi connectivity index (χ1) is 15.7. The van der Waals surface area contributed by atoms with Crippen LogP contribution < -0.4 is 10.2 Å². The second kappa shape index (κ2) is 10.2. The van der Waals surface area contributed by atoms with Crippen molar-refractivity contribution in [2.75, 3.05) is 30.3 Å². The third-order valence-electron chi connectivity index (χ3n) is 5.35. The smallest absolute Gasteiger partial charge is 0.370 e. The molecule has 3 rings (SSSR count). The molecule has 3 nitrogen and oxygen atoms in total. The van der Waals surface area contributed by atoms with Gasteiger partial charge in [0.2, 0.25) is 5.91 Å². The highest BCUT2D eigenvalue weighted by Gasteiger charge is 2.59. The molecule has 13 heteroatoms. The van der Waals surface area contributed by atoms with Gasteiger partial charge < -0.3 is 10.2 Å². The second-order valence-electron chi connectivity index (χ2n) is 7.70. The van der Waals surface area contributed by atoms with Crippen LogP contribution in [0.3, 0.4) is 0 Å². The van der Waals surface area contributed by atoms with E-state index in [0.717, 1.165) is 11.8 Å². The fourth-order valence-electron chi connectivity index (χ4n) is 3.69. The number of nitrogens with zero attached hydrogens (tertiary/aromatic N) is 1. The lowest BCUT2D eigenvalue weighted by atomic mass is 9.79. The molecule has 0 bridgehead atoms. The molecule has 0 saturated carbocycles. The SMILES string of the molecule is O=C(CSc1ccc(N2CCC(c3cc(Cl)cc(Cl)c3)(C(F)(F)F)C2)cc1Cl)NCC(F)(F)F. The normalized spacial score (nSPS) is 18.9. The number of carbonyl (C=O) groups is 1. The Labute approximate surface area is 210 Å².